The van der Waals surface area contributed by atoms with Crippen LogP contribution in [-0.2, 0) is 6.54 Å². The molecule has 100 valence electrons. The molecule has 3 heteroatoms. The van der Waals surface area contributed by atoms with Gasteiger partial charge in [-0.2, -0.15) is 0 Å². The number of rotatable bonds is 5. The SMILES string of the molecule is CCN1CCCC1CN(C)Cc1cccc(N)c1. The van der Waals surface area contributed by atoms with Gasteiger partial charge in [-0.05, 0) is 50.7 Å². The summed E-state index contributed by atoms with van der Waals surface area (Å²) in [6.45, 7) is 6.85. The molecule has 3 nitrogen and oxygen atoms in total. The monoisotopic (exact) mass is 247 g/mol. The second kappa shape index (κ2) is 6.21. The molecule has 0 amide bonds. The van der Waals surface area contributed by atoms with Gasteiger partial charge in [-0.15, -0.1) is 0 Å². The highest BCUT2D eigenvalue weighted by Crippen LogP contribution is 2.18. The van der Waals surface area contributed by atoms with Crippen molar-refractivity contribution < 1.29 is 0 Å². The minimum absolute atomic E-state index is 0.737. The summed E-state index contributed by atoms with van der Waals surface area (Å²) in [6, 6.07) is 8.94. The van der Waals surface area contributed by atoms with Gasteiger partial charge in [0.15, 0.2) is 0 Å². The van der Waals surface area contributed by atoms with E-state index in [4.69, 9.17) is 5.73 Å². The first-order valence-corrected chi connectivity index (χ1v) is 6.96. The molecule has 1 unspecified atom stereocenters. The minimum atomic E-state index is 0.737. The second-order valence-corrected chi connectivity index (χ2v) is 5.37. The zero-order chi connectivity index (χ0) is 13.0. The number of nitrogens with two attached hydrogens (primary N) is 1. The average Bonchev–Trinajstić information content (AvgIpc) is 2.76. The molecule has 0 aliphatic carbocycles. The van der Waals surface area contributed by atoms with Crippen LogP contribution >= 0.6 is 0 Å². The maximum Gasteiger partial charge on any atom is 0.0317 e. The van der Waals surface area contributed by atoms with Gasteiger partial charge in [0.2, 0.25) is 0 Å². The molecule has 1 aliphatic rings. The van der Waals surface area contributed by atoms with E-state index in [-0.39, 0.29) is 0 Å². The molecular formula is C15H25N3. The number of nitrogen functional groups attached to an aromatic ring is 1. The molecule has 1 aromatic rings. The molecule has 0 radical (unpaired) electrons. The predicted molar refractivity (Wildman–Crippen MR) is 77.5 cm³/mol. The zero-order valence-corrected chi connectivity index (χ0v) is 11.6. The first-order valence-electron chi connectivity index (χ1n) is 6.96. The van der Waals surface area contributed by atoms with Gasteiger partial charge >= 0.3 is 0 Å². The van der Waals surface area contributed by atoms with E-state index >= 15 is 0 Å². The van der Waals surface area contributed by atoms with Crippen LogP contribution in [0.5, 0.6) is 0 Å². The molecule has 1 fully saturated rings. The van der Waals surface area contributed by atoms with Gasteiger partial charge in [-0.1, -0.05) is 19.1 Å². The molecule has 2 rings (SSSR count). The Morgan fingerprint density at radius 1 is 1.44 bits per heavy atom. The Hall–Kier alpha value is -1.06. The number of hydrogen-bond donors (Lipinski definition) is 1. The van der Waals surface area contributed by atoms with Gasteiger partial charge in [0.25, 0.3) is 0 Å². The predicted octanol–water partition coefficient (Wildman–Crippen LogP) is 2.18. The van der Waals surface area contributed by atoms with Crippen LogP contribution in [0, 0.1) is 0 Å². The van der Waals surface area contributed by atoms with Gasteiger partial charge in [-0.25, -0.2) is 0 Å². The van der Waals surface area contributed by atoms with Gasteiger partial charge in [0, 0.05) is 24.8 Å². The number of likely N-dealkylation sites (N-methyl/N-ethyl adjacent to an activating group) is 2. The van der Waals surface area contributed by atoms with E-state index in [9.17, 15) is 0 Å². The summed E-state index contributed by atoms with van der Waals surface area (Å²) in [6.07, 6.45) is 2.69. The largest absolute Gasteiger partial charge is 0.399 e. The first kappa shape index (κ1) is 13.4. The lowest BCUT2D eigenvalue weighted by Gasteiger charge is -2.27. The zero-order valence-electron chi connectivity index (χ0n) is 11.6. The van der Waals surface area contributed by atoms with Crippen molar-refractivity contribution in [3.8, 4) is 0 Å². The van der Waals surface area contributed by atoms with Crippen LogP contribution in [0.1, 0.15) is 25.3 Å². The summed E-state index contributed by atoms with van der Waals surface area (Å²) < 4.78 is 0. The molecule has 1 aliphatic heterocycles. The Kier molecular flexibility index (Phi) is 4.61. The molecule has 0 saturated carbocycles. The summed E-state index contributed by atoms with van der Waals surface area (Å²) in [5.74, 6) is 0. The highest BCUT2D eigenvalue weighted by molar-refractivity contribution is 5.40. The minimum Gasteiger partial charge on any atom is -0.399 e. The van der Waals surface area contributed by atoms with Crippen LogP contribution < -0.4 is 5.73 Å². The van der Waals surface area contributed by atoms with Crippen molar-refractivity contribution in [2.45, 2.75) is 32.4 Å². The number of likely N-dealkylation sites (tertiary alicyclic amines) is 1. The van der Waals surface area contributed by atoms with Crippen LogP contribution in [0.15, 0.2) is 24.3 Å². The summed E-state index contributed by atoms with van der Waals surface area (Å²) >= 11 is 0. The summed E-state index contributed by atoms with van der Waals surface area (Å²) in [5, 5.41) is 0. The first-order chi connectivity index (χ1) is 8.69. The van der Waals surface area contributed by atoms with Crippen molar-refractivity contribution in [1.29, 1.82) is 0 Å². The highest BCUT2D eigenvalue weighted by Gasteiger charge is 2.23. The van der Waals surface area contributed by atoms with Gasteiger partial charge in [-0.3, -0.25) is 4.90 Å². The van der Waals surface area contributed by atoms with Crippen LogP contribution in [0.4, 0.5) is 5.69 Å². The van der Waals surface area contributed by atoms with Gasteiger partial charge in [0.1, 0.15) is 0 Å². The Morgan fingerprint density at radius 2 is 2.28 bits per heavy atom. The molecule has 1 saturated heterocycles. The van der Waals surface area contributed by atoms with Crippen molar-refractivity contribution in [1.82, 2.24) is 9.80 Å². The third-order valence-electron chi connectivity index (χ3n) is 3.83. The molecule has 1 aromatic carbocycles. The van der Waals surface area contributed by atoms with Gasteiger partial charge in [0.05, 0.1) is 0 Å². The van der Waals surface area contributed by atoms with E-state index in [0.29, 0.717) is 0 Å². The van der Waals surface area contributed by atoms with Crippen LogP contribution in [0.2, 0.25) is 0 Å². The smallest absolute Gasteiger partial charge is 0.0317 e. The van der Waals surface area contributed by atoms with Crippen LogP contribution in [0.25, 0.3) is 0 Å². The normalized spacial score (nSPS) is 20.7. The van der Waals surface area contributed by atoms with Crippen molar-refractivity contribution >= 4 is 5.69 Å². The van der Waals surface area contributed by atoms with Gasteiger partial charge < -0.3 is 10.6 Å². The third-order valence-corrected chi connectivity index (χ3v) is 3.83. The molecule has 0 bridgehead atoms. The molecule has 1 heterocycles. The fourth-order valence-electron chi connectivity index (χ4n) is 2.95. The van der Waals surface area contributed by atoms with E-state index in [1.807, 2.05) is 12.1 Å². The molecule has 0 aromatic heterocycles. The molecule has 0 spiro atoms. The highest BCUT2D eigenvalue weighted by atomic mass is 15.2. The average molecular weight is 247 g/mol. The topological polar surface area (TPSA) is 32.5 Å². The summed E-state index contributed by atoms with van der Waals surface area (Å²) in [7, 11) is 2.20. The lowest BCUT2D eigenvalue weighted by atomic mass is 10.1. The molecular weight excluding hydrogens is 222 g/mol. The number of nitrogens with zero attached hydrogens (tertiary/aromatic N) is 2. The Balaban J connectivity index is 1.86. The summed E-state index contributed by atoms with van der Waals surface area (Å²) in [5.41, 5.74) is 7.98. The lowest BCUT2D eigenvalue weighted by Crippen LogP contribution is -2.38. The Morgan fingerprint density at radius 3 is 3.00 bits per heavy atom. The number of anilines is 1. The molecule has 1 atom stereocenters. The quantitative estimate of drug-likeness (QED) is 0.810. The van der Waals surface area contributed by atoms with E-state index in [2.05, 4.69) is 35.9 Å². The maximum absolute atomic E-state index is 5.81. The van der Waals surface area contributed by atoms with E-state index in [1.54, 1.807) is 0 Å². The van der Waals surface area contributed by atoms with Crippen LogP contribution in [-0.4, -0.2) is 42.5 Å². The number of hydrogen-bond acceptors (Lipinski definition) is 3. The fraction of sp³-hybridized carbons (Fsp3) is 0.600. The summed E-state index contributed by atoms with van der Waals surface area (Å²) in [4.78, 5) is 5.00. The Bertz CT molecular complexity index is 378. The fourth-order valence-corrected chi connectivity index (χ4v) is 2.95. The van der Waals surface area contributed by atoms with E-state index in [1.165, 1.54) is 31.5 Å². The molecule has 18 heavy (non-hydrogen) atoms. The molecule has 2 N–H and O–H groups in total. The maximum atomic E-state index is 5.81. The Labute approximate surface area is 111 Å². The van der Waals surface area contributed by atoms with E-state index < -0.39 is 0 Å². The van der Waals surface area contributed by atoms with Crippen molar-refractivity contribution in [3.63, 3.8) is 0 Å². The van der Waals surface area contributed by atoms with E-state index in [0.717, 1.165) is 24.8 Å². The second-order valence-electron chi connectivity index (χ2n) is 5.37. The third kappa shape index (κ3) is 3.47. The standard InChI is InChI=1S/C15H25N3/c1-3-18-9-5-8-15(18)12-17(2)11-13-6-4-7-14(16)10-13/h4,6-7,10,15H,3,5,8-9,11-12,16H2,1-2H3. The lowest BCUT2D eigenvalue weighted by molar-refractivity contribution is 0.195. The van der Waals surface area contributed by atoms with Crippen LogP contribution in [0.3, 0.4) is 0 Å². The van der Waals surface area contributed by atoms with Crippen molar-refractivity contribution in [3.05, 3.63) is 29.8 Å². The number of benzene rings is 1. The van der Waals surface area contributed by atoms with Crippen molar-refractivity contribution in [2.75, 3.05) is 32.4 Å². The van der Waals surface area contributed by atoms with Crippen molar-refractivity contribution in [2.24, 2.45) is 0 Å².